The molecule has 0 heterocycles. The van der Waals surface area contributed by atoms with Crippen LogP contribution >= 0.6 is 0 Å². The molecule has 0 aromatic rings. The molecule has 1 rings (SSSR count). The molecule has 3 nitrogen and oxygen atoms in total. The second-order valence-electron chi connectivity index (χ2n) is 4.36. The van der Waals surface area contributed by atoms with Gasteiger partial charge in [0.25, 0.3) is 0 Å². The number of aliphatic hydroxyl groups excluding tert-OH is 1. The molecule has 82 valence electrons. The minimum Gasteiger partial charge on any atom is -0.394 e. The number of carbonyl (C=O) groups is 1. The van der Waals surface area contributed by atoms with Crippen molar-refractivity contribution in [1.29, 1.82) is 0 Å². The van der Waals surface area contributed by atoms with Crippen molar-refractivity contribution in [3.63, 3.8) is 0 Å². The van der Waals surface area contributed by atoms with E-state index in [4.69, 9.17) is 5.11 Å². The molecule has 3 heteroatoms. The third-order valence-corrected chi connectivity index (χ3v) is 2.88. The van der Waals surface area contributed by atoms with Gasteiger partial charge >= 0.3 is 0 Å². The summed E-state index contributed by atoms with van der Waals surface area (Å²) in [5.74, 6) is 0.674. The van der Waals surface area contributed by atoms with Crippen LogP contribution in [0.5, 0.6) is 0 Å². The molecule has 1 aliphatic carbocycles. The Labute approximate surface area is 85.9 Å². The first-order chi connectivity index (χ1) is 6.72. The molecule has 1 atom stereocenters. The fourth-order valence-electron chi connectivity index (χ4n) is 2.03. The molecule has 0 aliphatic heterocycles. The molecule has 1 amide bonds. The van der Waals surface area contributed by atoms with E-state index < -0.39 is 0 Å². The van der Waals surface area contributed by atoms with Crippen LogP contribution in [0, 0.1) is 5.92 Å². The first-order valence-corrected chi connectivity index (χ1v) is 5.62. The lowest BCUT2D eigenvalue weighted by molar-refractivity contribution is -0.123. The number of carbonyl (C=O) groups excluding carboxylic acids is 1. The highest BCUT2D eigenvalue weighted by atomic mass is 16.3. The molecule has 1 aliphatic rings. The van der Waals surface area contributed by atoms with Crippen molar-refractivity contribution in [1.82, 2.24) is 5.32 Å². The second kappa shape index (κ2) is 6.02. The molecular weight excluding hydrogens is 178 g/mol. The van der Waals surface area contributed by atoms with E-state index in [1.54, 1.807) is 0 Å². The highest BCUT2D eigenvalue weighted by Crippen LogP contribution is 2.25. The Bertz CT molecular complexity index is 176. The smallest absolute Gasteiger partial charge is 0.220 e. The maximum absolute atomic E-state index is 11.5. The molecule has 2 N–H and O–H groups in total. The highest BCUT2D eigenvalue weighted by Gasteiger charge is 2.17. The Balaban J connectivity index is 2.18. The SMILES string of the molecule is C[C@@H](CO)NC(=O)CC1CCCCC1. The number of hydrogen-bond acceptors (Lipinski definition) is 2. The van der Waals surface area contributed by atoms with Crippen molar-refractivity contribution in [2.24, 2.45) is 5.92 Å². The molecule has 0 aromatic carbocycles. The van der Waals surface area contributed by atoms with Gasteiger partial charge in [0.1, 0.15) is 0 Å². The van der Waals surface area contributed by atoms with Gasteiger partial charge in [-0.05, 0) is 25.7 Å². The maximum Gasteiger partial charge on any atom is 0.220 e. The Morgan fingerprint density at radius 1 is 1.43 bits per heavy atom. The zero-order valence-electron chi connectivity index (χ0n) is 8.96. The molecule has 0 saturated heterocycles. The molecule has 1 saturated carbocycles. The minimum absolute atomic E-state index is 0.0242. The lowest BCUT2D eigenvalue weighted by Crippen LogP contribution is -2.36. The Morgan fingerprint density at radius 3 is 2.64 bits per heavy atom. The summed E-state index contributed by atoms with van der Waals surface area (Å²) < 4.78 is 0. The zero-order chi connectivity index (χ0) is 10.4. The Hall–Kier alpha value is -0.570. The number of hydrogen-bond donors (Lipinski definition) is 2. The van der Waals surface area contributed by atoms with E-state index in [2.05, 4.69) is 5.32 Å². The van der Waals surface area contributed by atoms with Gasteiger partial charge in [0.2, 0.25) is 5.91 Å². The van der Waals surface area contributed by atoms with Gasteiger partial charge in [-0.15, -0.1) is 0 Å². The molecule has 0 unspecified atom stereocenters. The summed E-state index contributed by atoms with van der Waals surface area (Å²) in [6, 6.07) is -0.105. The quantitative estimate of drug-likeness (QED) is 0.720. The first kappa shape index (κ1) is 11.5. The Morgan fingerprint density at radius 2 is 2.07 bits per heavy atom. The van der Waals surface area contributed by atoms with Gasteiger partial charge in [-0.25, -0.2) is 0 Å². The van der Waals surface area contributed by atoms with Crippen LogP contribution in [0.4, 0.5) is 0 Å². The van der Waals surface area contributed by atoms with Crippen molar-refractivity contribution in [2.75, 3.05) is 6.61 Å². The molecule has 0 radical (unpaired) electrons. The van der Waals surface area contributed by atoms with Crippen molar-refractivity contribution in [3.8, 4) is 0 Å². The molecular formula is C11H21NO2. The largest absolute Gasteiger partial charge is 0.394 e. The van der Waals surface area contributed by atoms with Crippen LogP contribution in [-0.2, 0) is 4.79 Å². The highest BCUT2D eigenvalue weighted by molar-refractivity contribution is 5.76. The van der Waals surface area contributed by atoms with E-state index in [9.17, 15) is 4.79 Å². The maximum atomic E-state index is 11.5. The van der Waals surface area contributed by atoms with Gasteiger partial charge in [0.05, 0.1) is 6.61 Å². The van der Waals surface area contributed by atoms with Gasteiger partial charge in [0, 0.05) is 12.5 Å². The van der Waals surface area contributed by atoms with Crippen LogP contribution in [-0.4, -0.2) is 23.7 Å². The van der Waals surface area contributed by atoms with Crippen LogP contribution in [0.25, 0.3) is 0 Å². The normalized spacial score (nSPS) is 20.4. The van der Waals surface area contributed by atoms with Crippen LogP contribution in [0.3, 0.4) is 0 Å². The molecule has 0 spiro atoms. The first-order valence-electron chi connectivity index (χ1n) is 5.62. The monoisotopic (exact) mass is 199 g/mol. The van der Waals surface area contributed by atoms with Gasteiger partial charge in [-0.1, -0.05) is 19.3 Å². The van der Waals surface area contributed by atoms with E-state index in [0.717, 1.165) is 0 Å². The fourth-order valence-corrected chi connectivity index (χ4v) is 2.03. The predicted octanol–water partition coefficient (Wildman–Crippen LogP) is 1.45. The zero-order valence-corrected chi connectivity index (χ0v) is 8.96. The lowest BCUT2D eigenvalue weighted by atomic mass is 9.87. The summed E-state index contributed by atoms with van der Waals surface area (Å²) in [4.78, 5) is 11.5. The van der Waals surface area contributed by atoms with Crippen molar-refractivity contribution >= 4 is 5.91 Å². The van der Waals surface area contributed by atoms with Crippen molar-refractivity contribution in [3.05, 3.63) is 0 Å². The summed E-state index contributed by atoms with van der Waals surface area (Å²) in [5, 5.41) is 11.6. The van der Waals surface area contributed by atoms with Crippen LogP contribution in [0.2, 0.25) is 0 Å². The number of aliphatic hydroxyl groups is 1. The van der Waals surface area contributed by atoms with Crippen LogP contribution in [0.15, 0.2) is 0 Å². The summed E-state index contributed by atoms with van der Waals surface area (Å²) in [5.41, 5.74) is 0. The van der Waals surface area contributed by atoms with E-state index in [1.807, 2.05) is 6.92 Å². The van der Waals surface area contributed by atoms with Gasteiger partial charge in [0.15, 0.2) is 0 Å². The van der Waals surface area contributed by atoms with E-state index >= 15 is 0 Å². The fraction of sp³-hybridized carbons (Fsp3) is 0.909. The average Bonchev–Trinajstić information content (AvgIpc) is 2.19. The van der Waals surface area contributed by atoms with E-state index in [0.29, 0.717) is 12.3 Å². The average molecular weight is 199 g/mol. The van der Waals surface area contributed by atoms with Gasteiger partial charge < -0.3 is 10.4 Å². The number of amides is 1. The van der Waals surface area contributed by atoms with Crippen LogP contribution in [0.1, 0.15) is 45.4 Å². The van der Waals surface area contributed by atoms with E-state index in [1.165, 1.54) is 32.1 Å². The third kappa shape index (κ3) is 4.09. The Kier molecular flexibility index (Phi) is 4.94. The standard InChI is InChI=1S/C11H21NO2/c1-9(8-13)12-11(14)7-10-5-3-2-4-6-10/h9-10,13H,2-8H2,1H3,(H,12,14)/t9-/m0/s1. The van der Waals surface area contributed by atoms with Crippen molar-refractivity contribution < 1.29 is 9.90 Å². The summed E-state index contributed by atoms with van der Waals surface area (Å²) in [7, 11) is 0. The number of rotatable bonds is 4. The van der Waals surface area contributed by atoms with Gasteiger partial charge in [-0.3, -0.25) is 4.79 Å². The summed E-state index contributed by atoms with van der Waals surface area (Å²) in [6.45, 7) is 1.84. The summed E-state index contributed by atoms with van der Waals surface area (Å²) >= 11 is 0. The third-order valence-electron chi connectivity index (χ3n) is 2.88. The minimum atomic E-state index is -0.105. The lowest BCUT2D eigenvalue weighted by Gasteiger charge is -2.21. The van der Waals surface area contributed by atoms with Crippen molar-refractivity contribution in [2.45, 2.75) is 51.5 Å². The molecule has 0 aromatic heterocycles. The van der Waals surface area contributed by atoms with E-state index in [-0.39, 0.29) is 18.6 Å². The van der Waals surface area contributed by atoms with Gasteiger partial charge in [-0.2, -0.15) is 0 Å². The van der Waals surface area contributed by atoms with Crippen LogP contribution < -0.4 is 5.32 Å². The topological polar surface area (TPSA) is 49.3 Å². The number of nitrogens with one attached hydrogen (secondary N) is 1. The summed E-state index contributed by atoms with van der Waals surface area (Å²) in [6.07, 6.45) is 6.90. The molecule has 1 fully saturated rings. The molecule has 14 heavy (non-hydrogen) atoms. The predicted molar refractivity (Wildman–Crippen MR) is 55.9 cm³/mol. The molecule has 0 bridgehead atoms. The second-order valence-corrected chi connectivity index (χ2v) is 4.36.